The standard InChI is InChI=1S/C3H7ClN2.BF4/c4-3-5-1-2-6-3;2-1(3,4)5/h3,5-6H,1-2H2;/q;-1/p+1. The molecule has 0 radical (unpaired) electrons. The molecule has 0 aromatic rings. The van der Waals surface area contributed by atoms with E-state index in [1.165, 1.54) is 0 Å². The van der Waals surface area contributed by atoms with Crippen LogP contribution in [0.4, 0.5) is 17.3 Å². The van der Waals surface area contributed by atoms with Gasteiger partial charge in [-0.2, -0.15) is 0 Å². The van der Waals surface area contributed by atoms with E-state index in [9.17, 15) is 17.3 Å². The fourth-order valence-electron chi connectivity index (χ4n) is 0.534. The van der Waals surface area contributed by atoms with E-state index >= 15 is 0 Å². The molecule has 0 amide bonds. The molecule has 1 heterocycles. The normalized spacial score (nSPS) is 24.3. The first-order valence-electron chi connectivity index (χ1n) is 2.97. The highest BCUT2D eigenvalue weighted by Gasteiger charge is 2.20. The lowest BCUT2D eigenvalue weighted by atomic mass is 10.3. The van der Waals surface area contributed by atoms with Crippen LogP contribution in [0.1, 0.15) is 0 Å². The highest BCUT2D eigenvalue weighted by atomic mass is 35.5. The molecule has 2 nitrogen and oxygen atoms in total. The number of alkyl halides is 1. The van der Waals surface area contributed by atoms with Crippen molar-refractivity contribution in [3.63, 3.8) is 0 Å². The fourth-order valence-corrected chi connectivity index (χ4v) is 0.769. The van der Waals surface area contributed by atoms with Gasteiger partial charge in [0.25, 0.3) is 0 Å². The van der Waals surface area contributed by atoms with Gasteiger partial charge in [-0.1, -0.05) is 0 Å². The number of hydrogen-bond donors (Lipinski definition) is 2. The number of nitrogens with two attached hydrogens (primary N) is 1. The van der Waals surface area contributed by atoms with Gasteiger partial charge in [0.2, 0.25) is 5.62 Å². The van der Waals surface area contributed by atoms with Gasteiger partial charge in [0.1, 0.15) is 0 Å². The summed E-state index contributed by atoms with van der Waals surface area (Å²) >= 11 is 5.55. The van der Waals surface area contributed by atoms with Crippen LogP contribution in [0.5, 0.6) is 0 Å². The van der Waals surface area contributed by atoms with Gasteiger partial charge in [0, 0.05) is 0 Å². The fraction of sp³-hybridized carbons (Fsp3) is 1.00. The Hall–Kier alpha value is -0.00506. The number of halogens is 5. The minimum Gasteiger partial charge on any atom is -0.418 e. The Morgan fingerprint density at radius 1 is 1.36 bits per heavy atom. The monoisotopic (exact) mass is 194 g/mol. The highest BCUT2D eigenvalue weighted by molar-refractivity contribution is 6.50. The minimum atomic E-state index is -6.00. The molecule has 0 bridgehead atoms. The average molecular weight is 194 g/mol. The quantitative estimate of drug-likeness (QED) is 0.241. The van der Waals surface area contributed by atoms with Gasteiger partial charge in [-0.25, -0.2) is 5.32 Å². The van der Waals surface area contributed by atoms with Crippen molar-refractivity contribution in [1.29, 1.82) is 0 Å². The minimum absolute atomic E-state index is 0.144. The molecule has 0 spiro atoms. The first-order valence-corrected chi connectivity index (χ1v) is 3.41. The van der Waals surface area contributed by atoms with Crippen LogP contribution >= 0.6 is 11.6 Å². The predicted molar refractivity (Wildman–Crippen MR) is 34.6 cm³/mol. The maximum atomic E-state index is 9.75. The molecule has 1 aliphatic rings. The van der Waals surface area contributed by atoms with Gasteiger partial charge >= 0.3 is 7.25 Å². The van der Waals surface area contributed by atoms with Crippen molar-refractivity contribution in [3.8, 4) is 0 Å². The van der Waals surface area contributed by atoms with E-state index in [0.29, 0.717) is 0 Å². The summed E-state index contributed by atoms with van der Waals surface area (Å²) < 4.78 is 39.0. The van der Waals surface area contributed by atoms with Crippen LogP contribution in [-0.2, 0) is 0 Å². The van der Waals surface area contributed by atoms with E-state index in [0.717, 1.165) is 13.1 Å². The Balaban J connectivity index is 0.000000187. The summed E-state index contributed by atoms with van der Waals surface area (Å²) in [5.41, 5.74) is 0.144. The van der Waals surface area contributed by atoms with Crippen LogP contribution in [0.3, 0.4) is 0 Å². The van der Waals surface area contributed by atoms with E-state index in [2.05, 4.69) is 10.6 Å². The summed E-state index contributed by atoms with van der Waals surface area (Å²) in [6.07, 6.45) is 0. The third-order valence-electron chi connectivity index (χ3n) is 0.857. The molecule has 0 aromatic heterocycles. The first-order chi connectivity index (χ1) is 4.89. The van der Waals surface area contributed by atoms with Crippen LogP contribution in [0.15, 0.2) is 0 Å². The molecule has 1 rings (SSSR count). The summed E-state index contributed by atoms with van der Waals surface area (Å²) in [4.78, 5) is 0. The second-order valence-corrected chi connectivity index (χ2v) is 2.35. The number of hydrogen-bond acceptors (Lipinski definition) is 1. The Labute approximate surface area is 66.4 Å². The topological polar surface area (TPSA) is 28.6 Å². The SMILES string of the molecule is ClC1NCC[NH2+]1.F[B-](F)(F)F. The van der Waals surface area contributed by atoms with Crippen LogP contribution in [0.2, 0.25) is 0 Å². The molecule has 1 aliphatic heterocycles. The zero-order chi connectivity index (χ0) is 8.91. The van der Waals surface area contributed by atoms with Gasteiger partial charge in [-0.05, 0) is 11.6 Å². The highest BCUT2D eigenvalue weighted by Crippen LogP contribution is 2.06. The second-order valence-electron chi connectivity index (χ2n) is 1.88. The van der Waals surface area contributed by atoms with Crippen LogP contribution < -0.4 is 10.6 Å². The third-order valence-corrected chi connectivity index (χ3v) is 1.19. The molecule has 0 aromatic carbocycles. The zero-order valence-electron chi connectivity index (χ0n) is 5.54. The van der Waals surface area contributed by atoms with Crippen molar-refractivity contribution in [2.75, 3.05) is 13.1 Å². The van der Waals surface area contributed by atoms with E-state index in [-0.39, 0.29) is 5.62 Å². The van der Waals surface area contributed by atoms with E-state index in [1.807, 2.05) is 0 Å². The molecule has 11 heavy (non-hydrogen) atoms. The lowest BCUT2D eigenvalue weighted by Gasteiger charge is -1.94. The van der Waals surface area contributed by atoms with E-state index in [1.54, 1.807) is 0 Å². The number of quaternary nitrogens is 1. The largest absolute Gasteiger partial charge is 0.673 e. The molecular formula is C3H8BClF4N2. The number of rotatable bonds is 0. The number of nitrogens with one attached hydrogen (secondary N) is 1. The van der Waals surface area contributed by atoms with Gasteiger partial charge in [0.15, 0.2) is 0 Å². The third kappa shape index (κ3) is 13.1. The maximum Gasteiger partial charge on any atom is 0.673 e. The van der Waals surface area contributed by atoms with Crippen molar-refractivity contribution < 1.29 is 22.6 Å². The van der Waals surface area contributed by atoms with Crippen LogP contribution in [0, 0.1) is 0 Å². The molecule has 68 valence electrons. The lowest BCUT2D eigenvalue weighted by Crippen LogP contribution is -2.86. The maximum absolute atomic E-state index is 9.75. The van der Waals surface area contributed by atoms with Crippen molar-refractivity contribution in [2.45, 2.75) is 5.62 Å². The molecule has 0 aliphatic carbocycles. The van der Waals surface area contributed by atoms with E-state index in [4.69, 9.17) is 11.6 Å². The molecule has 1 atom stereocenters. The Kier molecular flexibility index (Phi) is 4.79. The van der Waals surface area contributed by atoms with Crippen molar-refractivity contribution in [3.05, 3.63) is 0 Å². The molecule has 0 saturated carbocycles. The molecule has 1 saturated heterocycles. The summed E-state index contributed by atoms with van der Waals surface area (Å²) in [5.74, 6) is 0. The van der Waals surface area contributed by atoms with Gasteiger partial charge in [-0.3, -0.25) is 0 Å². The zero-order valence-corrected chi connectivity index (χ0v) is 6.29. The van der Waals surface area contributed by atoms with Crippen molar-refractivity contribution >= 4 is 18.9 Å². The van der Waals surface area contributed by atoms with Gasteiger partial charge in [-0.15, -0.1) is 0 Å². The van der Waals surface area contributed by atoms with Gasteiger partial charge < -0.3 is 22.6 Å². The van der Waals surface area contributed by atoms with Crippen LogP contribution in [0.25, 0.3) is 0 Å². The summed E-state index contributed by atoms with van der Waals surface area (Å²) in [6, 6.07) is 0. The van der Waals surface area contributed by atoms with Crippen LogP contribution in [-0.4, -0.2) is 26.0 Å². The van der Waals surface area contributed by atoms with Gasteiger partial charge in [0.05, 0.1) is 13.1 Å². The Morgan fingerprint density at radius 3 is 1.91 bits per heavy atom. The second kappa shape index (κ2) is 4.79. The van der Waals surface area contributed by atoms with Crippen molar-refractivity contribution in [2.24, 2.45) is 0 Å². The average Bonchev–Trinajstić information content (AvgIpc) is 2.12. The predicted octanol–water partition coefficient (Wildman–Crippen LogP) is -0.0246. The molecule has 8 heteroatoms. The summed E-state index contributed by atoms with van der Waals surface area (Å²) in [6.45, 7) is 2.17. The van der Waals surface area contributed by atoms with Crippen molar-refractivity contribution in [1.82, 2.24) is 5.32 Å². The molecule has 1 unspecified atom stereocenters. The Morgan fingerprint density at radius 2 is 1.82 bits per heavy atom. The molecule has 1 fully saturated rings. The lowest BCUT2D eigenvalue weighted by molar-refractivity contribution is -0.652. The first kappa shape index (κ1) is 11.0. The molecule has 3 N–H and O–H groups in total. The Bertz CT molecular complexity index is 98.0. The van der Waals surface area contributed by atoms with E-state index < -0.39 is 7.25 Å². The summed E-state index contributed by atoms with van der Waals surface area (Å²) in [5, 5.41) is 5.09. The smallest absolute Gasteiger partial charge is 0.418 e. The summed E-state index contributed by atoms with van der Waals surface area (Å²) in [7, 11) is -6.00. The molecular weight excluding hydrogens is 186 g/mol.